The lowest BCUT2D eigenvalue weighted by molar-refractivity contribution is 0.0779. The van der Waals surface area contributed by atoms with Crippen molar-refractivity contribution in [3.05, 3.63) is 29.6 Å². The smallest absolute Gasteiger partial charge is 0.255 e. The van der Waals surface area contributed by atoms with Crippen LogP contribution in [0.4, 0.5) is 0 Å². The van der Waals surface area contributed by atoms with Crippen molar-refractivity contribution >= 4 is 30.7 Å². The zero-order valence-electron chi connectivity index (χ0n) is 11.5. The van der Waals surface area contributed by atoms with Crippen molar-refractivity contribution in [2.75, 3.05) is 13.1 Å². The molecule has 0 aromatic carbocycles. The predicted molar refractivity (Wildman–Crippen MR) is 83.6 cm³/mol. The Morgan fingerprint density at radius 1 is 1.30 bits per heavy atom. The fourth-order valence-corrected chi connectivity index (χ4v) is 3.33. The lowest BCUT2D eigenvalue weighted by Crippen LogP contribution is -2.33. The van der Waals surface area contributed by atoms with E-state index >= 15 is 0 Å². The monoisotopic (exact) mass is 317 g/mol. The van der Waals surface area contributed by atoms with Crippen LogP contribution in [-0.4, -0.2) is 34.9 Å². The maximum atomic E-state index is 12.4. The largest absolute Gasteiger partial charge is 0.338 e. The number of hydrogen-bond acceptors (Lipinski definition) is 3. The molecule has 3 rings (SSSR count). The van der Waals surface area contributed by atoms with E-state index in [9.17, 15) is 4.79 Å². The van der Waals surface area contributed by atoms with Crippen molar-refractivity contribution in [3.8, 4) is 0 Å². The summed E-state index contributed by atoms with van der Waals surface area (Å²) < 4.78 is 0. The van der Waals surface area contributed by atoms with Crippen molar-refractivity contribution in [1.82, 2.24) is 9.88 Å². The summed E-state index contributed by atoms with van der Waals surface area (Å²) >= 11 is 0. The minimum Gasteiger partial charge on any atom is -0.338 e. The third kappa shape index (κ3) is 3.08. The zero-order valence-corrected chi connectivity index (χ0v) is 13.1. The Bertz CT molecular complexity index is 483. The van der Waals surface area contributed by atoms with E-state index in [1.54, 1.807) is 12.4 Å². The van der Waals surface area contributed by atoms with Gasteiger partial charge >= 0.3 is 0 Å². The molecule has 0 bridgehead atoms. The number of aromatic nitrogens is 1. The number of carbonyl (C=O) groups is 1. The van der Waals surface area contributed by atoms with Crippen molar-refractivity contribution in [2.24, 2.45) is 17.6 Å². The molecule has 112 valence electrons. The Morgan fingerprint density at radius 3 is 2.70 bits per heavy atom. The van der Waals surface area contributed by atoms with Crippen LogP contribution in [0.15, 0.2) is 18.5 Å². The Labute approximate surface area is 131 Å². The topological polar surface area (TPSA) is 59.2 Å². The summed E-state index contributed by atoms with van der Waals surface area (Å²) in [5.41, 5.74) is 7.82. The molecule has 0 radical (unpaired) electrons. The summed E-state index contributed by atoms with van der Waals surface area (Å²) in [6, 6.07) is 2.19. The van der Waals surface area contributed by atoms with Crippen LogP contribution in [0.1, 0.15) is 28.8 Å². The summed E-state index contributed by atoms with van der Waals surface area (Å²) in [6.45, 7) is 3.64. The Balaban J connectivity index is 0.000001000. The summed E-state index contributed by atoms with van der Waals surface area (Å²) in [7, 11) is 0. The number of likely N-dealkylation sites (tertiary alicyclic amines) is 1. The molecule has 1 saturated carbocycles. The van der Waals surface area contributed by atoms with Crippen LogP contribution in [-0.2, 0) is 0 Å². The molecule has 0 spiro atoms. The van der Waals surface area contributed by atoms with Crippen molar-refractivity contribution < 1.29 is 4.79 Å². The number of halogens is 2. The predicted octanol–water partition coefficient (Wildman–Crippen LogP) is 2.04. The number of fused-ring (bicyclic) bond motifs is 1. The van der Waals surface area contributed by atoms with Gasteiger partial charge in [0.1, 0.15) is 0 Å². The second-order valence-corrected chi connectivity index (χ2v) is 5.63. The molecule has 3 unspecified atom stereocenters. The van der Waals surface area contributed by atoms with Gasteiger partial charge in [0.25, 0.3) is 5.91 Å². The van der Waals surface area contributed by atoms with E-state index in [0.717, 1.165) is 25.1 Å². The van der Waals surface area contributed by atoms with E-state index in [1.165, 1.54) is 6.42 Å². The summed E-state index contributed by atoms with van der Waals surface area (Å²) in [4.78, 5) is 18.4. The molecule has 2 aliphatic rings. The number of amides is 1. The first-order chi connectivity index (χ1) is 8.65. The van der Waals surface area contributed by atoms with E-state index in [-0.39, 0.29) is 36.8 Å². The van der Waals surface area contributed by atoms with Gasteiger partial charge in [0, 0.05) is 31.5 Å². The van der Waals surface area contributed by atoms with Gasteiger partial charge in [-0.15, -0.1) is 24.8 Å². The highest BCUT2D eigenvalue weighted by atomic mass is 35.5. The van der Waals surface area contributed by atoms with E-state index in [0.29, 0.717) is 17.4 Å². The average Bonchev–Trinajstić information content (AvgIpc) is 2.91. The van der Waals surface area contributed by atoms with Gasteiger partial charge in [-0.3, -0.25) is 9.78 Å². The molecule has 3 atom stereocenters. The van der Waals surface area contributed by atoms with Crippen LogP contribution in [0.2, 0.25) is 0 Å². The third-order valence-corrected chi connectivity index (χ3v) is 4.32. The van der Waals surface area contributed by atoms with Crippen LogP contribution in [0, 0.1) is 18.8 Å². The van der Waals surface area contributed by atoms with Gasteiger partial charge in [0.15, 0.2) is 0 Å². The first-order valence-corrected chi connectivity index (χ1v) is 6.61. The molecule has 2 heterocycles. The molecule has 2 fully saturated rings. The van der Waals surface area contributed by atoms with Crippen molar-refractivity contribution in [1.29, 1.82) is 0 Å². The zero-order chi connectivity index (χ0) is 12.7. The maximum absolute atomic E-state index is 12.4. The number of pyridine rings is 1. The first-order valence-electron chi connectivity index (χ1n) is 6.61. The normalized spacial score (nSPS) is 27.5. The third-order valence-electron chi connectivity index (χ3n) is 4.32. The summed E-state index contributed by atoms with van der Waals surface area (Å²) in [5, 5.41) is 0. The van der Waals surface area contributed by atoms with Gasteiger partial charge in [-0.1, -0.05) is 0 Å². The van der Waals surface area contributed by atoms with Gasteiger partial charge in [0.2, 0.25) is 0 Å². The van der Waals surface area contributed by atoms with Crippen molar-refractivity contribution in [3.63, 3.8) is 0 Å². The molecular weight excluding hydrogens is 297 g/mol. The van der Waals surface area contributed by atoms with Gasteiger partial charge in [-0.05, 0) is 43.2 Å². The van der Waals surface area contributed by atoms with E-state index in [4.69, 9.17) is 5.73 Å². The molecule has 4 nitrogen and oxygen atoms in total. The lowest BCUT2D eigenvalue weighted by atomic mass is 9.98. The van der Waals surface area contributed by atoms with Gasteiger partial charge < -0.3 is 10.6 Å². The van der Waals surface area contributed by atoms with E-state index < -0.39 is 0 Å². The van der Waals surface area contributed by atoms with Crippen LogP contribution < -0.4 is 5.73 Å². The second-order valence-electron chi connectivity index (χ2n) is 5.63. The molecule has 1 saturated heterocycles. The number of rotatable bonds is 1. The summed E-state index contributed by atoms with van der Waals surface area (Å²) in [5.74, 6) is 1.22. The van der Waals surface area contributed by atoms with Crippen LogP contribution >= 0.6 is 24.8 Å². The maximum Gasteiger partial charge on any atom is 0.255 e. The average molecular weight is 318 g/mol. The van der Waals surface area contributed by atoms with Gasteiger partial charge in [-0.2, -0.15) is 0 Å². The van der Waals surface area contributed by atoms with Crippen LogP contribution in [0.25, 0.3) is 0 Å². The number of carbonyl (C=O) groups excluding carboxylic acids is 1. The Hall–Kier alpha value is -0.840. The molecule has 1 amide bonds. The molecule has 20 heavy (non-hydrogen) atoms. The van der Waals surface area contributed by atoms with Gasteiger partial charge in [0.05, 0.1) is 5.56 Å². The minimum absolute atomic E-state index is 0. The molecular formula is C14H21Cl2N3O. The standard InChI is InChI=1S/C14H19N3O.2ClH/c1-9-4-11(6-16-5-9)14(18)17-7-10-2-3-13(15)12(10)8-17;;/h4-6,10,12-13H,2-3,7-8,15H2,1H3;2*1H. The Kier molecular flexibility index (Phi) is 5.80. The summed E-state index contributed by atoms with van der Waals surface area (Å²) in [6.07, 6.45) is 5.71. The highest BCUT2D eigenvalue weighted by Gasteiger charge is 2.42. The van der Waals surface area contributed by atoms with Gasteiger partial charge in [-0.25, -0.2) is 0 Å². The fraction of sp³-hybridized carbons (Fsp3) is 0.571. The number of nitrogens with two attached hydrogens (primary N) is 1. The van der Waals surface area contributed by atoms with E-state index in [2.05, 4.69) is 4.98 Å². The molecule has 6 heteroatoms. The minimum atomic E-state index is 0. The molecule has 1 aliphatic carbocycles. The molecule has 1 aliphatic heterocycles. The quantitative estimate of drug-likeness (QED) is 0.862. The highest BCUT2D eigenvalue weighted by Crippen LogP contribution is 2.37. The van der Waals surface area contributed by atoms with Crippen LogP contribution in [0.5, 0.6) is 0 Å². The highest BCUT2D eigenvalue weighted by molar-refractivity contribution is 5.94. The molecule has 1 aromatic heterocycles. The van der Waals surface area contributed by atoms with E-state index in [1.807, 2.05) is 17.9 Å². The second kappa shape index (κ2) is 6.74. The number of nitrogens with zero attached hydrogens (tertiary/aromatic N) is 2. The van der Waals surface area contributed by atoms with Crippen LogP contribution in [0.3, 0.4) is 0 Å². The Morgan fingerprint density at radius 2 is 2.05 bits per heavy atom. The number of aryl methyl sites for hydroxylation is 1. The van der Waals surface area contributed by atoms with Crippen molar-refractivity contribution in [2.45, 2.75) is 25.8 Å². The number of hydrogen-bond donors (Lipinski definition) is 1. The lowest BCUT2D eigenvalue weighted by Gasteiger charge is -2.18. The SMILES string of the molecule is Cc1cncc(C(=O)N2CC3CCC(N)C3C2)c1.Cl.Cl. The fourth-order valence-electron chi connectivity index (χ4n) is 3.33. The first kappa shape index (κ1) is 17.2. The molecule has 2 N–H and O–H groups in total. The molecule has 1 aromatic rings.